The van der Waals surface area contributed by atoms with Gasteiger partial charge < -0.3 is 10.6 Å². The van der Waals surface area contributed by atoms with E-state index in [1.807, 2.05) is 30.3 Å². The zero-order valence-corrected chi connectivity index (χ0v) is 12.3. The van der Waals surface area contributed by atoms with Gasteiger partial charge in [-0.1, -0.05) is 0 Å². The topological polar surface area (TPSA) is 64.9 Å². The van der Waals surface area contributed by atoms with Crippen LogP contribution in [-0.4, -0.2) is 18.3 Å². The molecule has 0 aliphatic rings. The van der Waals surface area contributed by atoms with Crippen molar-refractivity contribution in [3.8, 4) is 6.07 Å². The van der Waals surface area contributed by atoms with Crippen molar-refractivity contribution < 1.29 is 4.79 Å². The lowest BCUT2D eigenvalue weighted by molar-refractivity contribution is -0.117. The summed E-state index contributed by atoms with van der Waals surface area (Å²) < 4.78 is 1.11. The summed E-state index contributed by atoms with van der Waals surface area (Å²) in [6.45, 7) is 0.336. The third-order valence-electron chi connectivity index (χ3n) is 1.97. The van der Waals surface area contributed by atoms with Crippen LogP contribution in [0.1, 0.15) is 0 Å². The van der Waals surface area contributed by atoms with Gasteiger partial charge in [-0.15, -0.1) is 11.6 Å². The minimum atomic E-state index is -0.434. The summed E-state index contributed by atoms with van der Waals surface area (Å²) in [5.74, 6) is -0.120. The molecular weight excluding hydrogens is 365 g/mol. The summed E-state index contributed by atoms with van der Waals surface area (Å²) in [5.41, 5.74) is 0.826. The van der Waals surface area contributed by atoms with Crippen LogP contribution in [0.5, 0.6) is 0 Å². The van der Waals surface area contributed by atoms with Gasteiger partial charge in [-0.25, -0.2) is 0 Å². The first-order chi connectivity index (χ1) is 8.67. The van der Waals surface area contributed by atoms with E-state index in [-0.39, 0.29) is 5.57 Å². The minimum absolute atomic E-state index is 0.0127. The second-order valence-electron chi connectivity index (χ2n) is 3.27. The van der Waals surface area contributed by atoms with Crippen molar-refractivity contribution in [1.82, 2.24) is 5.32 Å². The fraction of sp³-hybridized carbons (Fsp3) is 0.167. The number of halogens is 2. The largest absolute Gasteiger partial charge is 0.360 e. The van der Waals surface area contributed by atoms with Crippen molar-refractivity contribution in [3.63, 3.8) is 0 Å². The average Bonchev–Trinajstić information content (AvgIpc) is 2.39. The van der Waals surface area contributed by atoms with Gasteiger partial charge in [-0.3, -0.25) is 4.79 Å². The molecule has 1 aromatic carbocycles. The van der Waals surface area contributed by atoms with Crippen molar-refractivity contribution in [3.05, 3.63) is 39.6 Å². The van der Waals surface area contributed by atoms with E-state index >= 15 is 0 Å². The molecule has 1 amide bonds. The molecule has 2 N–H and O–H groups in total. The second-order valence-corrected chi connectivity index (χ2v) is 4.89. The maximum atomic E-state index is 11.5. The molecule has 0 saturated heterocycles. The van der Waals surface area contributed by atoms with Gasteiger partial charge in [0.1, 0.15) is 11.6 Å². The number of nitrogens with zero attached hydrogens (tertiary/aromatic N) is 1. The van der Waals surface area contributed by atoms with E-state index < -0.39 is 5.91 Å². The first kappa shape index (κ1) is 14.8. The summed E-state index contributed by atoms with van der Waals surface area (Å²) in [6.07, 6.45) is 1.38. The Hall–Kier alpha value is -1.26. The monoisotopic (exact) mass is 375 g/mol. The Morgan fingerprint density at radius 3 is 2.67 bits per heavy atom. The van der Waals surface area contributed by atoms with Crippen molar-refractivity contribution in [2.75, 3.05) is 17.7 Å². The molecule has 0 radical (unpaired) electrons. The molecule has 4 nitrogen and oxygen atoms in total. The maximum Gasteiger partial charge on any atom is 0.263 e. The Morgan fingerprint density at radius 2 is 2.11 bits per heavy atom. The Labute approximate surface area is 124 Å². The molecule has 0 heterocycles. The highest BCUT2D eigenvalue weighted by Gasteiger charge is 2.07. The van der Waals surface area contributed by atoms with Gasteiger partial charge >= 0.3 is 0 Å². The van der Waals surface area contributed by atoms with Crippen LogP contribution in [-0.2, 0) is 4.79 Å². The van der Waals surface area contributed by atoms with E-state index in [2.05, 4.69) is 33.2 Å². The smallest absolute Gasteiger partial charge is 0.263 e. The van der Waals surface area contributed by atoms with Crippen LogP contribution in [0.25, 0.3) is 0 Å². The summed E-state index contributed by atoms with van der Waals surface area (Å²) in [6, 6.07) is 9.42. The number of benzene rings is 1. The Morgan fingerprint density at radius 1 is 1.44 bits per heavy atom. The molecule has 94 valence electrons. The van der Waals surface area contributed by atoms with Gasteiger partial charge in [-0.05, 0) is 46.9 Å². The summed E-state index contributed by atoms with van der Waals surface area (Å²) in [5, 5.41) is 14.3. The number of nitrogens with one attached hydrogen (secondary N) is 2. The molecule has 6 heteroatoms. The second kappa shape index (κ2) is 7.95. The van der Waals surface area contributed by atoms with Crippen LogP contribution in [0.2, 0.25) is 0 Å². The molecule has 0 aliphatic heterocycles. The fourth-order valence-electron chi connectivity index (χ4n) is 1.11. The van der Waals surface area contributed by atoms with Gasteiger partial charge in [0, 0.05) is 27.9 Å². The lowest BCUT2D eigenvalue weighted by Crippen LogP contribution is -2.26. The Bertz CT molecular complexity index is 479. The van der Waals surface area contributed by atoms with Crippen molar-refractivity contribution in [2.24, 2.45) is 0 Å². The highest BCUT2D eigenvalue weighted by atomic mass is 127. The number of alkyl halides is 1. The normalized spacial score (nSPS) is 10.6. The number of rotatable bonds is 5. The van der Waals surface area contributed by atoms with Gasteiger partial charge in [0.15, 0.2) is 0 Å². The molecule has 0 fully saturated rings. The van der Waals surface area contributed by atoms with Crippen LogP contribution >= 0.6 is 34.2 Å². The van der Waals surface area contributed by atoms with Gasteiger partial charge in [0.2, 0.25) is 0 Å². The number of hydrogen-bond acceptors (Lipinski definition) is 3. The molecule has 0 aliphatic carbocycles. The molecule has 0 aromatic heterocycles. The van der Waals surface area contributed by atoms with Gasteiger partial charge in [0.05, 0.1) is 0 Å². The first-order valence-electron chi connectivity index (χ1n) is 5.14. The number of nitriles is 1. The molecule has 18 heavy (non-hydrogen) atoms. The summed E-state index contributed by atoms with van der Waals surface area (Å²) >= 11 is 7.65. The van der Waals surface area contributed by atoms with E-state index in [0.717, 1.165) is 9.26 Å². The Balaban J connectivity index is 2.66. The molecular formula is C12H11ClIN3O. The van der Waals surface area contributed by atoms with Crippen molar-refractivity contribution in [1.29, 1.82) is 5.26 Å². The van der Waals surface area contributed by atoms with Crippen LogP contribution < -0.4 is 10.6 Å². The van der Waals surface area contributed by atoms with Crippen LogP contribution in [0, 0.1) is 14.9 Å². The zero-order valence-electron chi connectivity index (χ0n) is 9.41. The Kier molecular flexibility index (Phi) is 6.54. The van der Waals surface area contributed by atoms with Gasteiger partial charge in [0.25, 0.3) is 5.91 Å². The third kappa shape index (κ3) is 4.94. The lowest BCUT2D eigenvalue weighted by atomic mass is 10.3. The summed E-state index contributed by atoms with van der Waals surface area (Å²) in [4.78, 5) is 11.5. The van der Waals surface area contributed by atoms with E-state index in [4.69, 9.17) is 16.9 Å². The number of carbonyl (C=O) groups is 1. The van der Waals surface area contributed by atoms with E-state index in [1.54, 1.807) is 0 Å². The predicted molar refractivity (Wildman–Crippen MR) is 80.2 cm³/mol. The number of anilines is 1. The van der Waals surface area contributed by atoms with E-state index in [0.29, 0.717) is 12.4 Å². The number of amides is 1. The molecule has 1 rings (SSSR count). The summed E-state index contributed by atoms with van der Waals surface area (Å²) in [7, 11) is 0. The molecule has 0 unspecified atom stereocenters. The number of carbonyl (C=O) groups excluding carboxylic acids is 1. The highest BCUT2D eigenvalue weighted by Crippen LogP contribution is 2.11. The molecule has 0 atom stereocenters. The molecule has 1 aromatic rings. The first-order valence-corrected chi connectivity index (χ1v) is 6.75. The van der Waals surface area contributed by atoms with Crippen molar-refractivity contribution >= 4 is 45.8 Å². The molecule has 0 bridgehead atoms. The lowest BCUT2D eigenvalue weighted by Gasteiger charge is -2.03. The maximum absolute atomic E-state index is 11.5. The van der Waals surface area contributed by atoms with Crippen LogP contribution in [0.4, 0.5) is 5.69 Å². The predicted octanol–water partition coefficient (Wildman–Crippen LogP) is 2.47. The quantitative estimate of drug-likeness (QED) is 0.360. The van der Waals surface area contributed by atoms with Gasteiger partial charge in [-0.2, -0.15) is 5.26 Å². The standard InChI is InChI=1S/C12H11ClIN3O/c13-5-6-16-12(18)9(7-15)8-17-11-3-1-10(14)2-4-11/h1-4,8,17H,5-6H2,(H,16,18)/b9-8-. The molecule has 0 saturated carbocycles. The van der Waals surface area contributed by atoms with E-state index in [9.17, 15) is 4.79 Å². The fourth-order valence-corrected chi connectivity index (χ4v) is 1.56. The third-order valence-corrected chi connectivity index (χ3v) is 2.88. The highest BCUT2D eigenvalue weighted by molar-refractivity contribution is 14.1. The van der Waals surface area contributed by atoms with Crippen LogP contribution in [0.3, 0.4) is 0 Å². The SMILES string of the molecule is N#C/C(=C/Nc1ccc(I)cc1)C(=O)NCCCl. The van der Waals surface area contributed by atoms with Crippen LogP contribution in [0.15, 0.2) is 36.0 Å². The number of hydrogen-bond donors (Lipinski definition) is 2. The molecule has 0 spiro atoms. The van der Waals surface area contributed by atoms with E-state index in [1.165, 1.54) is 6.20 Å². The zero-order chi connectivity index (χ0) is 13.4. The minimum Gasteiger partial charge on any atom is -0.360 e. The van der Waals surface area contributed by atoms with Crippen molar-refractivity contribution in [2.45, 2.75) is 0 Å². The average molecular weight is 376 g/mol.